The predicted molar refractivity (Wildman–Crippen MR) is 54.9 cm³/mol. The number of carboxylic acids is 1. The standard InChI is InChI=1S/C6H6O2.C4H9.In/c1-3-5(4-2)6(7)8;1-3-4-2;/h1,3H,2H3,(H,7,8);3H,4H2,1-2H3;. The van der Waals surface area contributed by atoms with Crippen molar-refractivity contribution in [2.24, 2.45) is 0 Å². The molecule has 0 bridgehead atoms. The van der Waals surface area contributed by atoms with Gasteiger partial charge in [-0.1, -0.05) is 0 Å². The minimum absolute atomic E-state index is 0.570. The van der Waals surface area contributed by atoms with Gasteiger partial charge in [0.25, 0.3) is 0 Å². The van der Waals surface area contributed by atoms with Crippen LogP contribution in [-0.2, 0) is 4.79 Å². The van der Waals surface area contributed by atoms with Gasteiger partial charge < -0.3 is 0 Å². The zero-order valence-electron chi connectivity index (χ0n) is 8.37. The summed E-state index contributed by atoms with van der Waals surface area (Å²) in [6.07, 6.45) is 3.00. The zero-order valence-corrected chi connectivity index (χ0v) is 11.7. The molecule has 0 saturated carbocycles. The van der Waals surface area contributed by atoms with Crippen LogP contribution in [0.15, 0.2) is 18.8 Å². The Morgan fingerprint density at radius 2 is 2.31 bits per heavy atom. The number of aliphatic carboxylic acids is 1. The average Bonchev–Trinajstić information content (AvgIpc) is 2.46. The number of rotatable bonds is 3. The summed E-state index contributed by atoms with van der Waals surface area (Å²) in [5, 5.41) is 8.88. The van der Waals surface area contributed by atoms with Crippen LogP contribution in [-0.4, -0.2) is 32.5 Å². The van der Waals surface area contributed by atoms with Crippen LogP contribution in [0.1, 0.15) is 27.2 Å². The topological polar surface area (TPSA) is 37.3 Å². The fourth-order valence-corrected chi connectivity index (χ4v) is 10.4. The molecule has 1 atom stereocenters. The van der Waals surface area contributed by atoms with Crippen molar-refractivity contribution < 1.29 is 9.90 Å². The molecule has 1 N–H and O–H groups in total. The Morgan fingerprint density at radius 3 is 2.69 bits per heavy atom. The molecule has 0 aromatic rings. The van der Waals surface area contributed by atoms with E-state index in [1.807, 2.05) is 13.0 Å². The molecule has 1 unspecified atom stereocenters. The van der Waals surface area contributed by atoms with Gasteiger partial charge in [-0.25, -0.2) is 0 Å². The van der Waals surface area contributed by atoms with E-state index in [4.69, 9.17) is 5.11 Å². The number of hydrogen-bond acceptors (Lipinski definition) is 1. The quantitative estimate of drug-likeness (QED) is 0.862. The van der Waals surface area contributed by atoms with E-state index >= 15 is 0 Å². The van der Waals surface area contributed by atoms with Crippen molar-refractivity contribution >= 4 is 27.4 Å². The van der Waals surface area contributed by atoms with E-state index in [9.17, 15) is 4.79 Å². The Morgan fingerprint density at radius 1 is 1.69 bits per heavy atom. The van der Waals surface area contributed by atoms with Crippen molar-refractivity contribution in [3.8, 4) is 0 Å². The van der Waals surface area contributed by atoms with E-state index in [0.29, 0.717) is 5.57 Å². The summed E-state index contributed by atoms with van der Waals surface area (Å²) in [5.74, 6) is -0.753. The Labute approximate surface area is 86.9 Å². The molecule has 2 nitrogen and oxygen atoms in total. The van der Waals surface area contributed by atoms with Gasteiger partial charge in [-0.2, -0.15) is 0 Å². The van der Waals surface area contributed by atoms with Gasteiger partial charge in [0.15, 0.2) is 0 Å². The fourth-order valence-electron chi connectivity index (χ4n) is 1.77. The van der Waals surface area contributed by atoms with Gasteiger partial charge in [-0.3, -0.25) is 0 Å². The molecule has 0 fully saturated rings. The maximum atomic E-state index is 10.8. The van der Waals surface area contributed by atoms with Crippen LogP contribution < -0.4 is 0 Å². The molecule has 0 aromatic heterocycles. The summed E-state index contributed by atoms with van der Waals surface area (Å²) in [6, 6.07) is 0. The normalized spacial score (nSPS) is 18.2. The first-order chi connectivity index (χ1) is 6.07. The van der Waals surface area contributed by atoms with Crippen LogP contribution in [0.25, 0.3) is 0 Å². The fraction of sp³-hybridized carbons (Fsp3) is 0.500. The Balaban J connectivity index is 2.87. The molecular formula is C10H15InO2. The average molecular weight is 282 g/mol. The van der Waals surface area contributed by atoms with Crippen LogP contribution in [0.5, 0.6) is 0 Å². The molecule has 1 aliphatic rings. The van der Waals surface area contributed by atoms with Crippen LogP contribution in [0.2, 0.25) is 3.67 Å². The van der Waals surface area contributed by atoms with E-state index in [0.717, 1.165) is 3.67 Å². The molecular weight excluding hydrogens is 267 g/mol. The summed E-state index contributed by atoms with van der Waals surface area (Å²) in [6.45, 7) is 6.44. The molecule has 0 aliphatic carbocycles. The molecule has 0 saturated heterocycles. The predicted octanol–water partition coefficient (Wildman–Crippen LogP) is 2.33. The molecule has 0 spiro atoms. The Hall–Kier alpha value is -0.180. The van der Waals surface area contributed by atoms with Crippen LogP contribution in [0.3, 0.4) is 0 Å². The SMILES string of the molecule is CC[CH](C)[In]1[CH]=CC(C(=O)O)=[C]1C. The maximum absolute atomic E-state index is 10.8. The molecule has 0 amide bonds. The number of allylic oxidation sites excluding steroid dienone is 1. The first-order valence-electron chi connectivity index (χ1n) is 4.70. The molecule has 1 rings (SSSR count). The van der Waals surface area contributed by atoms with Crippen molar-refractivity contribution in [1.82, 2.24) is 0 Å². The van der Waals surface area contributed by atoms with Crippen LogP contribution >= 0.6 is 0 Å². The minimum atomic E-state index is -1.78. The van der Waals surface area contributed by atoms with E-state index in [1.165, 1.54) is 9.75 Å². The van der Waals surface area contributed by atoms with Crippen molar-refractivity contribution in [2.45, 2.75) is 30.9 Å². The molecule has 70 valence electrons. The van der Waals surface area contributed by atoms with Crippen molar-refractivity contribution in [3.63, 3.8) is 0 Å². The summed E-state index contributed by atoms with van der Waals surface area (Å²) in [7, 11) is 0. The van der Waals surface area contributed by atoms with Crippen LogP contribution in [0.4, 0.5) is 0 Å². The third kappa shape index (κ3) is 2.19. The van der Waals surface area contributed by atoms with E-state index in [1.54, 1.807) is 0 Å². The van der Waals surface area contributed by atoms with Gasteiger partial charge in [0.05, 0.1) is 0 Å². The number of carbonyl (C=O) groups is 1. The molecule has 13 heavy (non-hydrogen) atoms. The Bertz CT molecular complexity index is 279. The van der Waals surface area contributed by atoms with Gasteiger partial charge in [-0.05, 0) is 0 Å². The monoisotopic (exact) mass is 282 g/mol. The second-order valence-electron chi connectivity index (χ2n) is 3.67. The summed E-state index contributed by atoms with van der Waals surface area (Å²) >= 11 is -1.78. The van der Waals surface area contributed by atoms with Gasteiger partial charge in [0.1, 0.15) is 0 Å². The third-order valence-electron chi connectivity index (χ3n) is 2.88. The van der Waals surface area contributed by atoms with Crippen molar-refractivity contribution in [3.05, 3.63) is 18.8 Å². The zero-order chi connectivity index (χ0) is 10.0. The third-order valence-corrected chi connectivity index (χ3v) is 13.2. The van der Waals surface area contributed by atoms with Gasteiger partial charge in [0, 0.05) is 0 Å². The van der Waals surface area contributed by atoms with Gasteiger partial charge >= 0.3 is 87.0 Å². The molecule has 1 heterocycles. The van der Waals surface area contributed by atoms with Crippen molar-refractivity contribution in [2.75, 3.05) is 0 Å². The van der Waals surface area contributed by atoms with E-state index < -0.39 is 27.4 Å². The van der Waals surface area contributed by atoms with Crippen LogP contribution in [0, 0.1) is 0 Å². The van der Waals surface area contributed by atoms with E-state index in [2.05, 4.69) is 17.7 Å². The molecule has 0 radical (unpaired) electrons. The molecule has 1 aliphatic heterocycles. The molecule has 3 heteroatoms. The second kappa shape index (κ2) is 4.36. The number of hydrogen-bond donors (Lipinski definition) is 1. The van der Waals surface area contributed by atoms with E-state index in [-0.39, 0.29) is 0 Å². The van der Waals surface area contributed by atoms with Gasteiger partial charge in [-0.15, -0.1) is 0 Å². The van der Waals surface area contributed by atoms with Gasteiger partial charge in [0.2, 0.25) is 0 Å². The first kappa shape index (κ1) is 10.9. The first-order valence-corrected chi connectivity index (χ1v) is 10.2. The van der Waals surface area contributed by atoms with Crippen molar-refractivity contribution in [1.29, 1.82) is 0 Å². The Kier molecular flexibility index (Phi) is 3.65. The number of carboxylic acid groups (broad SMARTS) is 1. The second-order valence-corrected chi connectivity index (χ2v) is 13.5. The molecule has 0 aromatic carbocycles. The summed E-state index contributed by atoms with van der Waals surface area (Å²) in [4.78, 5) is 10.8. The summed E-state index contributed by atoms with van der Waals surface area (Å²) in [5.41, 5.74) is 0.570. The summed E-state index contributed by atoms with van der Waals surface area (Å²) < 4.78 is 4.17.